The van der Waals surface area contributed by atoms with Crippen LogP contribution in [-0.2, 0) is 0 Å². The van der Waals surface area contributed by atoms with Gasteiger partial charge in [0.15, 0.2) is 0 Å². The molecule has 2 nitrogen and oxygen atoms in total. The first-order valence-electron chi connectivity index (χ1n) is 13.3. The summed E-state index contributed by atoms with van der Waals surface area (Å²) in [5.41, 5.74) is 0. The highest BCUT2D eigenvalue weighted by Gasteiger charge is 2.34. The van der Waals surface area contributed by atoms with Crippen LogP contribution in [0.15, 0.2) is 0 Å². The Morgan fingerprint density at radius 2 is 1.11 bits per heavy atom. The van der Waals surface area contributed by atoms with Crippen molar-refractivity contribution in [3.8, 4) is 0 Å². The summed E-state index contributed by atoms with van der Waals surface area (Å²) in [4.78, 5) is 0. The smallest absolute Gasteiger partial charge is 0.0600 e. The van der Waals surface area contributed by atoms with Gasteiger partial charge in [-0.2, -0.15) is 0 Å². The molecule has 2 N–H and O–H groups in total. The van der Waals surface area contributed by atoms with E-state index >= 15 is 0 Å². The first-order chi connectivity index (χ1) is 13.8. The van der Waals surface area contributed by atoms with Gasteiger partial charge in [0, 0.05) is 13.1 Å². The summed E-state index contributed by atoms with van der Waals surface area (Å²) < 4.78 is 0. The number of hydrogen-bond donors (Lipinski definition) is 2. The van der Waals surface area contributed by atoms with E-state index in [1.807, 2.05) is 0 Å². The molecule has 3 fully saturated rings. The lowest BCUT2D eigenvalue weighted by atomic mass is 9.68. The van der Waals surface area contributed by atoms with E-state index in [2.05, 4.69) is 24.5 Å². The quantitative estimate of drug-likeness (QED) is 0.397. The lowest BCUT2D eigenvalue weighted by Crippen LogP contribution is -2.56. The van der Waals surface area contributed by atoms with Crippen LogP contribution in [0.3, 0.4) is 0 Å². The summed E-state index contributed by atoms with van der Waals surface area (Å²) in [6.45, 7) is 7.18. The molecule has 2 saturated carbocycles. The normalized spacial score (nSPS) is 37.1. The van der Waals surface area contributed by atoms with Crippen molar-refractivity contribution < 1.29 is 0 Å². The number of unbranched alkanes of at least 4 members (excludes halogenated alkanes) is 4. The fourth-order valence-corrected chi connectivity index (χ4v) is 6.61. The molecule has 0 unspecified atom stereocenters. The Morgan fingerprint density at radius 3 is 1.71 bits per heavy atom. The van der Waals surface area contributed by atoms with Gasteiger partial charge in [0.25, 0.3) is 0 Å². The topological polar surface area (TPSA) is 24.1 Å². The molecule has 0 aromatic carbocycles. The molecule has 1 heterocycles. The van der Waals surface area contributed by atoms with Crippen molar-refractivity contribution in [3.05, 3.63) is 0 Å². The molecule has 2 heteroatoms. The van der Waals surface area contributed by atoms with Crippen molar-refractivity contribution in [1.29, 1.82) is 0 Å². The Morgan fingerprint density at radius 1 is 0.536 bits per heavy atom. The van der Waals surface area contributed by atoms with Crippen LogP contribution in [0.5, 0.6) is 0 Å². The maximum Gasteiger partial charge on any atom is 0.0600 e. The maximum atomic E-state index is 3.89. The second kappa shape index (κ2) is 12.6. The van der Waals surface area contributed by atoms with E-state index in [9.17, 15) is 0 Å². The van der Waals surface area contributed by atoms with Crippen LogP contribution < -0.4 is 10.6 Å². The monoisotopic (exact) mass is 390 g/mol. The van der Waals surface area contributed by atoms with Crippen molar-refractivity contribution in [2.24, 2.45) is 29.6 Å². The van der Waals surface area contributed by atoms with E-state index in [-0.39, 0.29) is 0 Å². The van der Waals surface area contributed by atoms with Crippen molar-refractivity contribution >= 4 is 0 Å². The molecule has 0 aromatic heterocycles. The maximum absolute atomic E-state index is 3.89. The fraction of sp³-hybridized carbons (Fsp3) is 1.00. The van der Waals surface area contributed by atoms with Gasteiger partial charge in [0.2, 0.25) is 0 Å². The Balaban J connectivity index is 1.28. The number of rotatable bonds is 10. The molecule has 0 radical (unpaired) electrons. The molecule has 28 heavy (non-hydrogen) atoms. The summed E-state index contributed by atoms with van der Waals surface area (Å²) in [7, 11) is 0. The van der Waals surface area contributed by atoms with Gasteiger partial charge in [-0.15, -0.1) is 0 Å². The summed E-state index contributed by atoms with van der Waals surface area (Å²) in [6, 6.07) is 0. The van der Waals surface area contributed by atoms with Gasteiger partial charge in [-0.05, 0) is 74.5 Å². The predicted octanol–water partition coefficient (Wildman–Crippen LogP) is 6.89. The fourth-order valence-electron chi connectivity index (χ4n) is 6.61. The minimum atomic E-state index is 0.609. The molecule has 2 aliphatic carbocycles. The van der Waals surface area contributed by atoms with Crippen molar-refractivity contribution in [2.45, 2.75) is 123 Å². The molecule has 0 bridgehead atoms. The molecule has 1 aliphatic heterocycles. The molecule has 0 aromatic rings. The summed E-state index contributed by atoms with van der Waals surface area (Å²) in [6.07, 6.45) is 24.1. The van der Waals surface area contributed by atoms with Gasteiger partial charge in [0.1, 0.15) is 0 Å². The van der Waals surface area contributed by atoms with Gasteiger partial charge in [-0.25, -0.2) is 0 Å². The average molecular weight is 391 g/mol. The standard InChI is InChI=1S/C26H50N2/c1-3-5-6-7-8-10-22-19-27-26(28-20-22)25-17-15-24(16-18-25)23-13-11-21(9-4-2)12-14-23/h21-28H,3-20H2,1-2H3. The predicted molar refractivity (Wildman–Crippen MR) is 122 cm³/mol. The van der Waals surface area contributed by atoms with Crippen LogP contribution in [0.4, 0.5) is 0 Å². The second-order valence-electron chi connectivity index (χ2n) is 10.6. The summed E-state index contributed by atoms with van der Waals surface area (Å²) in [5.74, 6) is 4.94. The lowest BCUT2D eigenvalue weighted by molar-refractivity contribution is 0.113. The van der Waals surface area contributed by atoms with E-state index in [0.29, 0.717) is 6.17 Å². The Hall–Kier alpha value is -0.0800. The first kappa shape index (κ1) is 22.6. The second-order valence-corrected chi connectivity index (χ2v) is 10.6. The van der Waals surface area contributed by atoms with Crippen molar-refractivity contribution in [2.75, 3.05) is 13.1 Å². The zero-order valence-electron chi connectivity index (χ0n) is 19.2. The van der Waals surface area contributed by atoms with Crippen LogP contribution in [-0.4, -0.2) is 19.3 Å². The van der Waals surface area contributed by atoms with E-state index < -0.39 is 0 Å². The molecule has 1 saturated heterocycles. The third-order valence-electron chi connectivity index (χ3n) is 8.51. The highest BCUT2D eigenvalue weighted by Crippen LogP contribution is 2.42. The van der Waals surface area contributed by atoms with Crippen LogP contribution in [0.25, 0.3) is 0 Å². The van der Waals surface area contributed by atoms with Gasteiger partial charge in [-0.3, -0.25) is 0 Å². The average Bonchev–Trinajstić information content (AvgIpc) is 2.75. The van der Waals surface area contributed by atoms with Gasteiger partial charge >= 0.3 is 0 Å². The SMILES string of the molecule is CCCCCCCC1CNC(C2CCC(C3CCC(CCC)CC3)CC2)NC1. The third kappa shape index (κ3) is 7.01. The lowest BCUT2D eigenvalue weighted by Gasteiger charge is -2.42. The number of hydrogen-bond acceptors (Lipinski definition) is 2. The van der Waals surface area contributed by atoms with Crippen LogP contribution >= 0.6 is 0 Å². The first-order valence-corrected chi connectivity index (χ1v) is 13.3. The molecule has 3 rings (SSSR count). The Labute approximate surface area is 176 Å². The molecule has 3 aliphatic rings. The van der Waals surface area contributed by atoms with Gasteiger partial charge < -0.3 is 10.6 Å². The summed E-state index contributed by atoms with van der Waals surface area (Å²) >= 11 is 0. The molecular formula is C26H50N2. The van der Waals surface area contributed by atoms with Crippen LogP contribution in [0, 0.1) is 29.6 Å². The largest absolute Gasteiger partial charge is 0.301 e. The van der Waals surface area contributed by atoms with Gasteiger partial charge in [-0.1, -0.05) is 71.6 Å². The Kier molecular flexibility index (Phi) is 10.2. The molecule has 0 atom stereocenters. The molecule has 0 spiro atoms. The van der Waals surface area contributed by atoms with Crippen LogP contribution in [0.1, 0.15) is 117 Å². The van der Waals surface area contributed by atoms with E-state index in [1.54, 1.807) is 12.8 Å². The zero-order chi connectivity index (χ0) is 19.6. The minimum Gasteiger partial charge on any atom is -0.301 e. The van der Waals surface area contributed by atoms with Crippen molar-refractivity contribution in [3.63, 3.8) is 0 Å². The minimum absolute atomic E-state index is 0.609. The highest BCUT2D eigenvalue weighted by atomic mass is 15.2. The Bertz CT molecular complexity index is 385. The number of nitrogens with one attached hydrogen (secondary N) is 2. The van der Waals surface area contributed by atoms with E-state index in [4.69, 9.17) is 0 Å². The van der Waals surface area contributed by atoms with Gasteiger partial charge in [0.05, 0.1) is 6.17 Å². The van der Waals surface area contributed by atoms with E-state index in [0.717, 1.165) is 29.6 Å². The highest BCUT2D eigenvalue weighted by molar-refractivity contribution is 4.88. The van der Waals surface area contributed by atoms with Crippen molar-refractivity contribution in [1.82, 2.24) is 10.6 Å². The third-order valence-corrected chi connectivity index (χ3v) is 8.51. The van der Waals surface area contributed by atoms with E-state index in [1.165, 1.54) is 103 Å². The molecule has 0 amide bonds. The zero-order valence-corrected chi connectivity index (χ0v) is 19.2. The molecule has 164 valence electrons. The van der Waals surface area contributed by atoms with Crippen LogP contribution in [0.2, 0.25) is 0 Å². The molecular weight excluding hydrogens is 340 g/mol. The summed E-state index contributed by atoms with van der Waals surface area (Å²) in [5, 5.41) is 7.79.